The average molecular weight is 233 g/mol. The molecule has 0 aliphatic heterocycles. The molecule has 0 N–H and O–H groups in total. The van der Waals surface area contributed by atoms with Crippen LogP contribution in [-0.4, -0.2) is 4.98 Å². The number of pyridine rings is 1. The van der Waals surface area contributed by atoms with Crippen LogP contribution in [-0.2, 0) is 6.42 Å². The van der Waals surface area contributed by atoms with Gasteiger partial charge in [-0.1, -0.05) is 48.5 Å². The van der Waals surface area contributed by atoms with Crippen LogP contribution in [0.15, 0.2) is 60.7 Å². The lowest BCUT2D eigenvalue weighted by Crippen LogP contribution is -1.96. The van der Waals surface area contributed by atoms with Crippen LogP contribution in [0.1, 0.15) is 16.8 Å². The van der Waals surface area contributed by atoms with Gasteiger partial charge in [0.2, 0.25) is 0 Å². The number of nitrogens with zero attached hydrogens (tertiary/aromatic N) is 1. The summed E-state index contributed by atoms with van der Waals surface area (Å²) in [5, 5.41) is 1.21. The molecule has 0 aliphatic carbocycles. The minimum absolute atomic E-state index is 0.900. The molecular formula is C17H15N. The zero-order valence-electron chi connectivity index (χ0n) is 10.4. The fourth-order valence-corrected chi connectivity index (χ4v) is 2.23. The maximum Gasteiger partial charge on any atom is 0.0705 e. The van der Waals surface area contributed by atoms with Crippen molar-refractivity contribution in [3.63, 3.8) is 0 Å². The van der Waals surface area contributed by atoms with E-state index in [4.69, 9.17) is 4.98 Å². The second-order valence-electron chi connectivity index (χ2n) is 4.61. The molecule has 18 heavy (non-hydrogen) atoms. The summed E-state index contributed by atoms with van der Waals surface area (Å²) in [7, 11) is 0. The summed E-state index contributed by atoms with van der Waals surface area (Å²) in [6.07, 6.45) is 0.900. The van der Waals surface area contributed by atoms with E-state index >= 15 is 0 Å². The highest BCUT2D eigenvalue weighted by Gasteiger charge is 2.04. The Morgan fingerprint density at radius 3 is 2.44 bits per heavy atom. The molecule has 0 bridgehead atoms. The topological polar surface area (TPSA) is 12.9 Å². The first-order chi connectivity index (χ1) is 8.83. The molecule has 0 saturated carbocycles. The van der Waals surface area contributed by atoms with Gasteiger partial charge in [-0.3, -0.25) is 4.98 Å². The second kappa shape index (κ2) is 4.61. The summed E-state index contributed by atoms with van der Waals surface area (Å²) in [4.78, 5) is 4.77. The van der Waals surface area contributed by atoms with Gasteiger partial charge in [-0.2, -0.15) is 0 Å². The molecule has 3 aromatic rings. The number of hydrogen-bond donors (Lipinski definition) is 0. The number of benzene rings is 2. The molecular weight excluding hydrogens is 218 g/mol. The molecule has 0 radical (unpaired) electrons. The van der Waals surface area contributed by atoms with Crippen molar-refractivity contribution >= 4 is 10.9 Å². The molecule has 0 atom stereocenters. The van der Waals surface area contributed by atoms with E-state index in [2.05, 4.69) is 55.5 Å². The fraction of sp³-hybridized carbons (Fsp3) is 0.118. The number of hydrogen-bond acceptors (Lipinski definition) is 1. The molecule has 3 rings (SSSR count). The first-order valence-electron chi connectivity index (χ1n) is 6.22. The molecule has 1 heteroatoms. The lowest BCUT2D eigenvalue weighted by molar-refractivity contribution is 1.07. The molecule has 2 aromatic carbocycles. The molecule has 1 aromatic heterocycles. The summed E-state index contributed by atoms with van der Waals surface area (Å²) in [5.74, 6) is 0. The van der Waals surface area contributed by atoms with Gasteiger partial charge in [0, 0.05) is 17.5 Å². The normalized spacial score (nSPS) is 10.7. The van der Waals surface area contributed by atoms with Gasteiger partial charge in [0.05, 0.1) is 5.52 Å². The number of aromatic nitrogens is 1. The fourth-order valence-electron chi connectivity index (χ4n) is 2.23. The number of para-hydroxylation sites is 1. The Hall–Kier alpha value is -2.15. The molecule has 0 fully saturated rings. The third-order valence-corrected chi connectivity index (χ3v) is 3.23. The van der Waals surface area contributed by atoms with Gasteiger partial charge in [-0.05, 0) is 30.2 Å². The van der Waals surface area contributed by atoms with E-state index in [9.17, 15) is 0 Å². The van der Waals surface area contributed by atoms with Crippen molar-refractivity contribution in [1.82, 2.24) is 4.98 Å². The predicted octanol–water partition coefficient (Wildman–Crippen LogP) is 4.13. The van der Waals surface area contributed by atoms with Gasteiger partial charge in [-0.15, -0.1) is 0 Å². The van der Waals surface area contributed by atoms with Gasteiger partial charge in [0.1, 0.15) is 0 Å². The maximum absolute atomic E-state index is 4.77. The van der Waals surface area contributed by atoms with Crippen LogP contribution in [0.5, 0.6) is 0 Å². The molecule has 0 aliphatic rings. The summed E-state index contributed by atoms with van der Waals surface area (Å²) in [5.41, 5.74) is 4.81. The highest BCUT2D eigenvalue weighted by Crippen LogP contribution is 2.18. The minimum Gasteiger partial charge on any atom is -0.252 e. The number of fused-ring (bicyclic) bond motifs is 1. The molecule has 0 spiro atoms. The van der Waals surface area contributed by atoms with Crippen molar-refractivity contribution in [2.75, 3.05) is 0 Å². The molecule has 1 heterocycles. The third-order valence-electron chi connectivity index (χ3n) is 3.23. The first kappa shape index (κ1) is 11.0. The van der Waals surface area contributed by atoms with Crippen LogP contribution < -0.4 is 0 Å². The molecule has 0 amide bonds. The Balaban J connectivity index is 2.04. The van der Waals surface area contributed by atoms with E-state index in [0.29, 0.717) is 0 Å². The Bertz CT molecular complexity index is 672. The summed E-state index contributed by atoms with van der Waals surface area (Å²) >= 11 is 0. The summed E-state index contributed by atoms with van der Waals surface area (Å²) in [6, 6.07) is 21.0. The van der Waals surface area contributed by atoms with Crippen LogP contribution in [0.2, 0.25) is 0 Å². The second-order valence-corrected chi connectivity index (χ2v) is 4.61. The number of rotatable bonds is 2. The number of aryl methyl sites for hydroxylation is 1. The molecule has 0 saturated heterocycles. The summed E-state index contributed by atoms with van der Waals surface area (Å²) in [6.45, 7) is 2.14. The largest absolute Gasteiger partial charge is 0.252 e. The van der Waals surface area contributed by atoms with Crippen molar-refractivity contribution in [2.24, 2.45) is 0 Å². The van der Waals surface area contributed by atoms with E-state index in [-0.39, 0.29) is 0 Å². The maximum atomic E-state index is 4.77. The van der Waals surface area contributed by atoms with E-state index in [0.717, 1.165) is 11.9 Å². The van der Waals surface area contributed by atoms with Crippen molar-refractivity contribution in [1.29, 1.82) is 0 Å². The van der Waals surface area contributed by atoms with Crippen LogP contribution in [0.4, 0.5) is 0 Å². The zero-order valence-corrected chi connectivity index (χ0v) is 10.4. The van der Waals surface area contributed by atoms with Gasteiger partial charge in [0.15, 0.2) is 0 Å². The highest BCUT2D eigenvalue weighted by atomic mass is 14.7. The summed E-state index contributed by atoms with van der Waals surface area (Å²) < 4.78 is 0. The highest BCUT2D eigenvalue weighted by molar-refractivity contribution is 5.79. The lowest BCUT2D eigenvalue weighted by Gasteiger charge is -2.07. The van der Waals surface area contributed by atoms with Gasteiger partial charge in [0.25, 0.3) is 0 Å². The molecule has 0 unspecified atom stereocenters. The SMILES string of the molecule is Cc1cc2ccccc2nc1Cc1ccccc1. The van der Waals surface area contributed by atoms with Crippen LogP contribution in [0, 0.1) is 6.92 Å². The van der Waals surface area contributed by atoms with Crippen molar-refractivity contribution in [3.8, 4) is 0 Å². The molecule has 1 nitrogen and oxygen atoms in total. The lowest BCUT2D eigenvalue weighted by atomic mass is 10.0. The van der Waals surface area contributed by atoms with Gasteiger partial charge < -0.3 is 0 Å². The smallest absolute Gasteiger partial charge is 0.0705 e. The Morgan fingerprint density at radius 2 is 1.61 bits per heavy atom. The van der Waals surface area contributed by atoms with Crippen molar-refractivity contribution in [3.05, 3.63) is 77.5 Å². The average Bonchev–Trinajstić information content (AvgIpc) is 2.41. The Kier molecular flexibility index (Phi) is 2.81. The third kappa shape index (κ3) is 2.12. The van der Waals surface area contributed by atoms with Crippen molar-refractivity contribution < 1.29 is 0 Å². The predicted molar refractivity (Wildman–Crippen MR) is 75.7 cm³/mol. The van der Waals surface area contributed by atoms with Crippen molar-refractivity contribution in [2.45, 2.75) is 13.3 Å². The van der Waals surface area contributed by atoms with E-state index in [1.54, 1.807) is 0 Å². The Labute approximate surface area is 107 Å². The standard InChI is InChI=1S/C17H15N/c1-13-11-15-9-5-6-10-16(15)18-17(13)12-14-7-3-2-4-8-14/h2-11H,12H2,1H3. The van der Waals surface area contributed by atoms with Gasteiger partial charge in [-0.25, -0.2) is 0 Å². The first-order valence-corrected chi connectivity index (χ1v) is 6.22. The molecule has 88 valence electrons. The monoisotopic (exact) mass is 233 g/mol. The van der Waals surface area contributed by atoms with Crippen LogP contribution >= 0.6 is 0 Å². The Morgan fingerprint density at radius 1 is 0.889 bits per heavy atom. The van der Waals surface area contributed by atoms with E-state index < -0.39 is 0 Å². The van der Waals surface area contributed by atoms with Gasteiger partial charge >= 0.3 is 0 Å². The van der Waals surface area contributed by atoms with E-state index in [1.807, 2.05) is 12.1 Å². The van der Waals surface area contributed by atoms with Crippen LogP contribution in [0.25, 0.3) is 10.9 Å². The zero-order chi connectivity index (χ0) is 12.4. The quantitative estimate of drug-likeness (QED) is 0.648. The van der Waals surface area contributed by atoms with E-state index in [1.165, 1.54) is 22.2 Å². The van der Waals surface area contributed by atoms with Crippen LogP contribution in [0.3, 0.4) is 0 Å². The minimum atomic E-state index is 0.900.